The normalized spacial score (nSPS) is 14.7. The molecule has 5 heterocycles. The third kappa shape index (κ3) is 7.08. The molecule has 2 aromatic carbocycles. The molecule has 53 heavy (non-hydrogen) atoms. The van der Waals surface area contributed by atoms with Gasteiger partial charge in [0.25, 0.3) is 11.8 Å². The number of para-hydroxylation sites is 3. The van der Waals surface area contributed by atoms with Crippen molar-refractivity contribution in [3.8, 4) is 0 Å². The van der Waals surface area contributed by atoms with Crippen LogP contribution in [-0.4, -0.2) is 80.8 Å². The van der Waals surface area contributed by atoms with Gasteiger partial charge in [-0.2, -0.15) is 20.2 Å². The Bertz CT molecular complexity index is 2440. The summed E-state index contributed by atoms with van der Waals surface area (Å²) in [6.07, 6.45) is 1.59. The summed E-state index contributed by atoms with van der Waals surface area (Å²) in [5.41, 5.74) is 9.01. The van der Waals surface area contributed by atoms with Crippen molar-refractivity contribution in [2.75, 3.05) is 26.3 Å². The second-order valence-corrected chi connectivity index (χ2v) is 13.7. The van der Waals surface area contributed by atoms with E-state index in [1.165, 1.54) is 5.56 Å². The third-order valence-corrected chi connectivity index (χ3v) is 10.1. The first-order valence-corrected chi connectivity index (χ1v) is 18.6. The lowest BCUT2D eigenvalue weighted by Crippen LogP contribution is -2.35. The Morgan fingerprint density at radius 1 is 0.717 bits per heavy atom. The number of rotatable bonds is 11. The molecular weight excluding hydrogens is 671 g/mol. The van der Waals surface area contributed by atoms with Gasteiger partial charge in [-0.15, -0.1) is 0 Å². The molecule has 0 radical (unpaired) electrons. The van der Waals surface area contributed by atoms with Crippen molar-refractivity contribution in [1.82, 2.24) is 42.7 Å². The van der Waals surface area contributed by atoms with Crippen molar-refractivity contribution in [3.63, 3.8) is 0 Å². The van der Waals surface area contributed by atoms with E-state index < -0.39 is 0 Å². The first kappa shape index (κ1) is 36.0. The quantitative estimate of drug-likeness (QED) is 0.186. The highest BCUT2D eigenvalue weighted by Crippen LogP contribution is 2.22. The molecule has 0 unspecified atom stereocenters. The van der Waals surface area contributed by atoms with Crippen LogP contribution in [0.2, 0.25) is 0 Å². The van der Waals surface area contributed by atoms with Crippen molar-refractivity contribution in [2.24, 2.45) is 24.1 Å². The number of aryl methyl sites for hydroxylation is 8. The molecule has 0 saturated carbocycles. The average Bonchev–Trinajstić information content (AvgIpc) is 3.89. The first-order valence-electron chi connectivity index (χ1n) is 18.6. The summed E-state index contributed by atoms with van der Waals surface area (Å²) < 4.78 is 17.4. The van der Waals surface area contributed by atoms with Gasteiger partial charge in [-0.1, -0.05) is 24.3 Å². The molecule has 1 aliphatic heterocycles. The molecule has 4 aromatic heterocycles. The highest BCUT2D eigenvalue weighted by atomic mass is 16.5. The Labute approximate surface area is 308 Å². The van der Waals surface area contributed by atoms with Gasteiger partial charge < -0.3 is 23.0 Å². The van der Waals surface area contributed by atoms with Gasteiger partial charge in [0.15, 0.2) is 0 Å². The SMILES string of the molecule is CCn1nc(C)cc1C(=O)N=c1n(C)c2ccccc2n1CCCCn1c(=NC(=O)c2cc(C)nn2CC)n(C)c2cccc(CN3CCOCC3)c21. The van der Waals surface area contributed by atoms with Crippen LogP contribution in [0.15, 0.2) is 64.6 Å². The molecule has 0 N–H and O–H groups in total. The Morgan fingerprint density at radius 3 is 1.85 bits per heavy atom. The van der Waals surface area contributed by atoms with Crippen LogP contribution in [0.4, 0.5) is 0 Å². The summed E-state index contributed by atoms with van der Waals surface area (Å²) in [4.78, 5) is 39.2. The van der Waals surface area contributed by atoms with Crippen LogP contribution in [0.3, 0.4) is 0 Å². The minimum atomic E-state index is -0.318. The summed E-state index contributed by atoms with van der Waals surface area (Å²) in [6.45, 7) is 14.1. The second kappa shape index (κ2) is 15.3. The molecule has 1 saturated heterocycles. The van der Waals surface area contributed by atoms with Gasteiger partial charge in [-0.05, 0) is 76.4 Å². The highest BCUT2D eigenvalue weighted by molar-refractivity contribution is 5.94. The van der Waals surface area contributed by atoms with E-state index in [2.05, 4.69) is 59.6 Å². The van der Waals surface area contributed by atoms with Gasteiger partial charge in [0.1, 0.15) is 11.4 Å². The number of aromatic nitrogens is 8. The summed E-state index contributed by atoms with van der Waals surface area (Å²) in [6, 6.07) is 18.1. The predicted octanol–water partition coefficient (Wildman–Crippen LogP) is 4.12. The Kier molecular flexibility index (Phi) is 10.4. The van der Waals surface area contributed by atoms with Crippen LogP contribution in [0.1, 0.15) is 64.6 Å². The number of morpholine rings is 1. The maximum atomic E-state index is 13.8. The predicted molar refractivity (Wildman–Crippen MR) is 202 cm³/mol. The fourth-order valence-electron chi connectivity index (χ4n) is 7.51. The minimum absolute atomic E-state index is 0.316. The van der Waals surface area contributed by atoms with Crippen LogP contribution in [0, 0.1) is 13.8 Å². The topological polar surface area (TPSA) is 127 Å². The fourth-order valence-corrected chi connectivity index (χ4v) is 7.51. The standard InChI is InChI=1S/C39H49N11O3/c1-7-49-33(24-27(3)42-49)36(51)40-38-44(5)30-15-9-10-16-31(30)47(38)18-11-12-19-48-35-29(26-46-20-22-53-23-21-46)14-13-17-32(35)45(6)39(48)41-37(52)34-25-28(4)43-50(34)8-2/h9-10,13-17,24-25H,7-8,11-12,18-23,26H2,1-6H3. The smallest absolute Gasteiger partial charge is 0.298 e. The van der Waals surface area contributed by atoms with Crippen molar-refractivity contribution < 1.29 is 14.3 Å². The summed E-state index contributed by atoms with van der Waals surface area (Å²) >= 11 is 0. The molecule has 6 aromatic rings. The lowest BCUT2D eigenvalue weighted by atomic mass is 10.1. The molecule has 0 bridgehead atoms. The molecular formula is C39H49N11O3. The van der Waals surface area contributed by atoms with E-state index in [0.717, 1.165) is 79.1 Å². The van der Waals surface area contributed by atoms with Crippen LogP contribution < -0.4 is 11.2 Å². The van der Waals surface area contributed by atoms with E-state index >= 15 is 0 Å². The van der Waals surface area contributed by atoms with E-state index in [4.69, 9.17) is 9.73 Å². The van der Waals surface area contributed by atoms with Gasteiger partial charge in [0.05, 0.1) is 46.7 Å². The fraction of sp³-hybridized carbons (Fsp3) is 0.436. The zero-order chi connectivity index (χ0) is 37.2. The van der Waals surface area contributed by atoms with Crippen molar-refractivity contribution in [2.45, 2.75) is 73.3 Å². The molecule has 0 aliphatic carbocycles. The molecule has 2 amide bonds. The molecule has 0 atom stereocenters. The number of fused-ring (bicyclic) bond motifs is 2. The largest absolute Gasteiger partial charge is 0.379 e. The summed E-state index contributed by atoms with van der Waals surface area (Å²) in [5.74, 6) is -0.634. The molecule has 14 heteroatoms. The number of imidazole rings is 2. The maximum Gasteiger partial charge on any atom is 0.298 e. The average molecular weight is 720 g/mol. The Hall–Kier alpha value is -5.34. The summed E-state index contributed by atoms with van der Waals surface area (Å²) in [5, 5.41) is 8.95. The second-order valence-electron chi connectivity index (χ2n) is 13.7. The van der Waals surface area contributed by atoms with E-state index in [-0.39, 0.29) is 11.8 Å². The van der Waals surface area contributed by atoms with E-state index in [1.54, 1.807) is 21.5 Å². The number of carbonyl (C=O) groups excluding carboxylic acids is 2. The van der Waals surface area contributed by atoms with Crippen molar-refractivity contribution in [3.05, 3.63) is 94.2 Å². The number of unbranched alkanes of at least 4 members (excludes halogenated alkanes) is 1. The van der Waals surface area contributed by atoms with Crippen molar-refractivity contribution >= 4 is 33.9 Å². The molecule has 1 fully saturated rings. The van der Waals surface area contributed by atoms with Crippen LogP contribution >= 0.6 is 0 Å². The number of ether oxygens (including phenoxy) is 1. The molecule has 278 valence electrons. The molecule has 14 nitrogen and oxygen atoms in total. The van der Waals surface area contributed by atoms with E-state index in [9.17, 15) is 9.59 Å². The van der Waals surface area contributed by atoms with E-state index in [0.29, 0.717) is 48.8 Å². The molecule has 1 aliphatic rings. The lowest BCUT2D eigenvalue weighted by molar-refractivity contribution is 0.0343. The zero-order valence-electron chi connectivity index (χ0n) is 31.6. The number of nitrogens with zero attached hydrogens (tertiary/aromatic N) is 11. The Balaban J connectivity index is 1.24. The first-order chi connectivity index (χ1) is 25.7. The molecule has 7 rings (SSSR count). The van der Waals surface area contributed by atoms with Crippen molar-refractivity contribution in [1.29, 1.82) is 0 Å². The van der Waals surface area contributed by atoms with Gasteiger partial charge in [0.2, 0.25) is 11.2 Å². The number of amides is 2. The van der Waals surface area contributed by atoms with Gasteiger partial charge in [0, 0.05) is 59.9 Å². The number of hydrogen-bond acceptors (Lipinski definition) is 6. The molecule has 0 spiro atoms. The van der Waals surface area contributed by atoms with Crippen LogP contribution in [0.5, 0.6) is 0 Å². The third-order valence-electron chi connectivity index (χ3n) is 10.1. The monoisotopic (exact) mass is 719 g/mol. The highest BCUT2D eigenvalue weighted by Gasteiger charge is 2.20. The lowest BCUT2D eigenvalue weighted by Gasteiger charge is -2.27. The van der Waals surface area contributed by atoms with Crippen LogP contribution in [0.25, 0.3) is 22.1 Å². The minimum Gasteiger partial charge on any atom is -0.379 e. The van der Waals surface area contributed by atoms with Crippen LogP contribution in [-0.2, 0) is 51.6 Å². The maximum absolute atomic E-state index is 13.8. The van der Waals surface area contributed by atoms with Gasteiger partial charge >= 0.3 is 0 Å². The number of carbonyl (C=O) groups is 2. The van der Waals surface area contributed by atoms with Gasteiger partial charge in [-0.3, -0.25) is 23.9 Å². The van der Waals surface area contributed by atoms with Gasteiger partial charge in [-0.25, -0.2) is 0 Å². The number of benzene rings is 2. The van der Waals surface area contributed by atoms with E-state index in [1.807, 2.05) is 63.1 Å². The number of hydrogen-bond donors (Lipinski definition) is 0. The summed E-state index contributed by atoms with van der Waals surface area (Å²) in [7, 11) is 3.93. The zero-order valence-corrected chi connectivity index (χ0v) is 31.6. The Morgan fingerprint density at radius 2 is 1.25 bits per heavy atom.